The summed E-state index contributed by atoms with van der Waals surface area (Å²) in [4.78, 5) is 22.2. The number of pyridine rings is 1. The SMILES string of the molecule is COc1ccc(-n2ccnc2CN2CCC(Cc3cncc(C(=O)O)c3)C2)cc1. The monoisotopic (exact) mass is 392 g/mol. The quantitative estimate of drug-likeness (QED) is 0.666. The second-order valence-corrected chi connectivity index (χ2v) is 7.39. The minimum absolute atomic E-state index is 0.249. The molecule has 1 atom stereocenters. The lowest BCUT2D eigenvalue weighted by atomic mass is 9.99. The number of methoxy groups -OCH3 is 1. The number of imidazole rings is 1. The second-order valence-electron chi connectivity index (χ2n) is 7.39. The molecular formula is C22H24N4O3. The molecule has 1 aromatic carbocycles. The van der Waals surface area contributed by atoms with Gasteiger partial charge in [0.05, 0.1) is 19.2 Å². The van der Waals surface area contributed by atoms with Gasteiger partial charge in [0, 0.05) is 37.0 Å². The van der Waals surface area contributed by atoms with Crippen molar-refractivity contribution in [3.63, 3.8) is 0 Å². The van der Waals surface area contributed by atoms with Crippen LogP contribution in [0, 0.1) is 5.92 Å². The molecule has 0 bridgehead atoms. The van der Waals surface area contributed by atoms with Crippen molar-refractivity contribution >= 4 is 5.97 Å². The lowest BCUT2D eigenvalue weighted by molar-refractivity contribution is 0.0696. The van der Waals surface area contributed by atoms with Crippen LogP contribution < -0.4 is 4.74 Å². The van der Waals surface area contributed by atoms with Crippen LogP contribution in [0.3, 0.4) is 0 Å². The number of carbonyl (C=O) groups is 1. The maximum atomic E-state index is 11.1. The van der Waals surface area contributed by atoms with Gasteiger partial charge in [-0.05, 0) is 61.2 Å². The van der Waals surface area contributed by atoms with Crippen LogP contribution in [0.15, 0.2) is 55.1 Å². The Morgan fingerprint density at radius 3 is 2.86 bits per heavy atom. The van der Waals surface area contributed by atoms with Gasteiger partial charge in [-0.15, -0.1) is 0 Å². The number of likely N-dealkylation sites (tertiary alicyclic amines) is 1. The van der Waals surface area contributed by atoms with E-state index in [9.17, 15) is 4.79 Å². The number of rotatable bonds is 7. The fraction of sp³-hybridized carbons (Fsp3) is 0.318. The standard InChI is InChI=1S/C22H24N4O3/c1-29-20-4-2-19(3-5-20)26-9-7-24-21(26)15-25-8-6-16(14-25)10-17-11-18(22(27)28)13-23-12-17/h2-5,7,9,11-13,16H,6,8,10,14-15H2,1H3,(H,27,28). The molecule has 3 aromatic rings. The first-order valence-corrected chi connectivity index (χ1v) is 9.68. The van der Waals surface area contributed by atoms with Crippen LogP contribution in [-0.2, 0) is 13.0 Å². The number of nitrogens with zero attached hydrogens (tertiary/aromatic N) is 4. The summed E-state index contributed by atoms with van der Waals surface area (Å²) in [6.07, 6.45) is 8.90. The van der Waals surface area contributed by atoms with Crippen molar-refractivity contribution in [2.45, 2.75) is 19.4 Å². The molecule has 0 radical (unpaired) electrons. The second kappa shape index (κ2) is 8.45. The molecule has 0 aliphatic carbocycles. The Hall–Kier alpha value is -3.19. The van der Waals surface area contributed by atoms with Gasteiger partial charge in [0.25, 0.3) is 0 Å². The van der Waals surface area contributed by atoms with Crippen molar-refractivity contribution in [1.82, 2.24) is 19.4 Å². The van der Waals surface area contributed by atoms with Crippen LogP contribution in [0.1, 0.15) is 28.2 Å². The van der Waals surface area contributed by atoms with E-state index in [0.717, 1.165) is 55.3 Å². The zero-order valence-electron chi connectivity index (χ0n) is 16.4. The number of carboxylic acids is 1. The van der Waals surface area contributed by atoms with Gasteiger partial charge in [0.2, 0.25) is 0 Å². The lowest BCUT2D eigenvalue weighted by Crippen LogP contribution is -2.22. The van der Waals surface area contributed by atoms with Crippen LogP contribution in [-0.4, -0.2) is 50.7 Å². The number of aromatic carboxylic acids is 1. The molecule has 150 valence electrons. The third-order valence-electron chi connectivity index (χ3n) is 5.37. The number of hydrogen-bond donors (Lipinski definition) is 1. The molecule has 7 nitrogen and oxygen atoms in total. The van der Waals surface area contributed by atoms with E-state index in [1.54, 1.807) is 19.4 Å². The fourth-order valence-corrected chi connectivity index (χ4v) is 3.90. The topological polar surface area (TPSA) is 80.5 Å². The van der Waals surface area contributed by atoms with Gasteiger partial charge in [0.15, 0.2) is 0 Å². The first-order valence-electron chi connectivity index (χ1n) is 9.68. The summed E-state index contributed by atoms with van der Waals surface area (Å²) in [5, 5.41) is 9.14. The molecule has 7 heteroatoms. The maximum Gasteiger partial charge on any atom is 0.337 e. The number of hydrogen-bond acceptors (Lipinski definition) is 5. The number of aromatic nitrogens is 3. The number of ether oxygens (including phenoxy) is 1. The van der Waals surface area contributed by atoms with Gasteiger partial charge in [-0.2, -0.15) is 0 Å². The van der Waals surface area contributed by atoms with Crippen LogP contribution >= 0.6 is 0 Å². The van der Waals surface area contributed by atoms with Crippen LogP contribution in [0.4, 0.5) is 0 Å². The summed E-state index contributed by atoms with van der Waals surface area (Å²) in [5.41, 5.74) is 2.29. The van der Waals surface area contributed by atoms with Gasteiger partial charge in [-0.25, -0.2) is 9.78 Å². The van der Waals surface area contributed by atoms with E-state index in [1.165, 1.54) is 6.20 Å². The average Bonchev–Trinajstić information content (AvgIpc) is 3.38. The van der Waals surface area contributed by atoms with Crippen LogP contribution in [0.2, 0.25) is 0 Å². The Balaban J connectivity index is 1.39. The predicted octanol–water partition coefficient (Wildman–Crippen LogP) is 3.04. The Kier molecular flexibility index (Phi) is 5.57. The van der Waals surface area contributed by atoms with Crippen molar-refractivity contribution in [1.29, 1.82) is 0 Å². The molecule has 1 N–H and O–H groups in total. The normalized spacial score (nSPS) is 16.8. The first-order chi connectivity index (χ1) is 14.1. The van der Waals surface area contributed by atoms with Gasteiger partial charge in [-0.1, -0.05) is 0 Å². The Bertz CT molecular complexity index is 984. The largest absolute Gasteiger partial charge is 0.497 e. The van der Waals surface area contributed by atoms with Crippen molar-refractivity contribution in [3.05, 3.63) is 72.1 Å². The fourth-order valence-electron chi connectivity index (χ4n) is 3.90. The molecule has 0 saturated carbocycles. The molecule has 1 unspecified atom stereocenters. The average molecular weight is 392 g/mol. The van der Waals surface area contributed by atoms with Gasteiger partial charge >= 0.3 is 5.97 Å². The zero-order chi connectivity index (χ0) is 20.2. The minimum atomic E-state index is -0.933. The van der Waals surface area contributed by atoms with Crippen molar-refractivity contribution < 1.29 is 14.6 Å². The molecule has 3 heterocycles. The molecule has 1 saturated heterocycles. The Morgan fingerprint density at radius 1 is 1.28 bits per heavy atom. The molecule has 1 aliphatic heterocycles. The molecule has 4 rings (SSSR count). The summed E-state index contributed by atoms with van der Waals surface area (Å²) in [7, 11) is 1.66. The summed E-state index contributed by atoms with van der Waals surface area (Å²) in [5.74, 6) is 1.40. The van der Waals surface area contributed by atoms with E-state index in [-0.39, 0.29) is 5.56 Å². The summed E-state index contributed by atoms with van der Waals surface area (Å²) >= 11 is 0. The van der Waals surface area contributed by atoms with E-state index in [1.807, 2.05) is 36.7 Å². The lowest BCUT2D eigenvalue weighted by Gasteiger charge is -2.17. The molecule has 0 spiro atoms. The number of carboxylic acid groups (broad SMARTS) is 1. The van der Waals surface area contributed by atoms with Crippen LogP contribution in [0.5, 0.6) is 5.75 Å². The van der Waals surface area contributed by atoms with E-state index in [2.05, 4.69) is 19.4 Å². The minimum Gasteiger partial charge on any atom is -0.497 e. The molecule has 0 amide bonds. The molecular weight excluding hydrogens is 368 g/mol. The van der Waals surface area contributed by atoms with Crippen molar-refractivity contribution in [2.75, 3.05) is 20.2 Å². The molecule has 29 heavy (non-hydrogen) atoms. The Morgan fingerprint density at radius 2 is 2.10 bits per heavy atom. The highest BCUT2D eigenvalue weighted by molar-refractivity contribution is 5.87. The molecule has 1 aliphatic rings. The van der Waals surface area contributed by atoms with E-state index < -0.39 is 5.97 Å². The number of benzene rings is 1. The Labute approximate surface area is 169 Å². The maximum absolute atomic E-state index is 11.1. The van der Waals surface area contributed by atoms with Crippen LogP contribution in [0.25, 0.3) is 5.69 Å². The third-order valence-corrected chi connectivity index (χ3v) is 5.37. The smallest absolute Gasteiger partial charge is 0.337 e. The summed E-state index contributed by atoms with van der Waals surface area (Å²) < 4.78 is 7.34. The van der Waals surface area contributed by atoms with E-state index in [4.69, 9.17) is 9.84 Å². The highest BCUT2D eigenvalue weighted by Gasteiger charge is 2.24. The molecule has 1 fully saturated rings. The first kappa shape index (κ1) is 19.1. The van der Waals surface area contributed by atoms with E-state index in [0.29, 0.717) is 5.92 Å². The highest BCUT2D eigenvalue weighted by atomic mass is 16.5. The molecule has 2 aromatic heterocycles. The van der Waals surface area contributed by atoms with Gasteiger partial charge in [-0.3, -0.25) is 9.88 Å². The van der Waals surface area contributed by atoms with Crippen molar-refractivity contribution in [2.24, 2.45) is 5.92 Å². The summed E-state index contributed by atoms with van der Waals surface area (Å²) in [6.45, 7) is 2.75. The van der Waals surface area contributed by atoms with Gasteiger partial charge in [0.1, 0.15) is 11.6 Å². The van der Waals surface area contributed by atoms with Crippen molar-refractivity contribution in [3.8, 4) is 11.4 Å². The van der Waals surface area contributed by atoms with E-state index >= 15 is 0 Å². The van der Waals surface area contributed by atoms with Gasteiger partial charge < -0.3 is 14.4 Å². The summed E-state index contributed by atoms with van der Waals surface area (Å²) in [6, 6.07) is 9.68. The highest BCUT2D eigenvalue weighted by Crippen LogP contribution is 2.23. The zero-order valence-corrected chi connectivity index (χ0v) is 16.4. The third kappa shape index (κ3) is 4.46. The predicted molar refractivity (Wildman–Crippen MR) is 108 cm³/mol.